The maximum Gasteiger partial charge on any atom is 0.316 e. The van der Waals surface area contributed by atoms with Crippen LogP contribution in [-0.4, -0.2) is 22.8 Å². The molecule has 2 aromatic carbocycles. The molecule has 1 fully saturated rings. The van der Waals surface area contributed by atoms with Gasteiger partial charge in [0.05, 0.1) is 26.0 Å². The topological polar surface area (TPSA) is 65.4 Å². The first-order chi connectivity index (χ1) is 14.4. The normalized spacial score (nSPS) is 13.2. The van der Waals surface area contributed by atoms with Crippen molar-refractivity contribution in [3.63, 3.8) is 0 Å². The second-order valence-electron chi connectivity index (χ2n) is 7.23. The van der Waals surface area contributed by atoms with E-state index in [2.05, 4.69) is 10.3 Å². The van der Waals surface area contributed by atoms with E-state index >= 15 is 0 Å². The van der Waals surface area contributed by atoms with Gasteiger partial charge in [0.25, 0.3) is 0 Å². The Hall–Kier alpha value is -3.42. The molecule has 0 saturated heterocycles. The van der Waals surface area contributed by atoms with Gasteiger partial charge in [-0.2, -0.15) is 4.98 Å². The monoisotopic (exact) mass is 413 g/mol. The van der Waals surface area contributed by atoms with Crippen molar-refractivity contribution in [1.29, 1.82) is 0 Å². The number of anilines is 2. The Bertz CT molecular complexity index is 1140. The summed E-state index contributed by atoms with van der Waals surface area (Å²) < 4.78 is 39.5. The lowest BCUT2D eigenvalue weighted by atomic mass is 10.2. The predicted molar refractivity (Wildman–Crippen MR) is 109 cm³/mol. The number of hydrogen-bond donors (Lipinski definition) is 1. The number of rotatable bonds is 7. The quantitative estimate of drug-likeness (QED) is 0.630. The zero-order chi connectivity index (χ0) is 21.3. The summed E-state index contributed by atoms with van der Waals surface area (Å²) >= 11 is 0. The summed E-state index contributed by atoms with van der Waals surface area (Å²) in [6.45, 7) is 2.07. The third-order valence-corrected chi connectivity index (χ3v) is 4.80. The average molecular weight is 413 g/mol. The Morgan fingerprint density at radius 3 is 2.67 bits per heavy atom. The molecule has 3 aromatic rings. The highest BCUT2D eigenvalue weighted by atomic mass is 19.2. The van der Waals surface area contributed by atoms with Crippen molar-refractivity contribution in [1.82, 2.24) is 9.55 Å². The maximum atomic E-state index is 13.6. The Balaban J connectivity index is 1.69. The summed E-state index contributed by atoms with van der Waals surface area (Å²) in [5.74, 6) is -0.837. The van der Waals surface area contributed by atoms with Gasteiger partial charge in [-0.3, -0.25) is 4.79 Å². The number of aryl methyl sites for hydroxylation is 1. The molecule has 6 nitrogen and oxygen atoms in total. The van der Waals surface area contributed by atoms with Gasteiger partial charge >= 0.3 is 5.56 Å². The lowest BCUT2D eigenvalue weighted by Crippen LogP contribution is -2.19. The predicted octanol–water partition coefficient (Wildman–Crippen LogP) is 4.17. The van der Waals surface area contributed by atoms with Gasteiger partial charge in [0.2, 0.25) is 11.7 Å². The van der Waals surface area contributed by atoms with Crippen molar-refractivity contribution in [2.75, 3.05) is 12.4 Å². The molecular formula is C22H21F2N3O3. The van der Waals surface area contributed by atoms with Gasteiger partial charge in [-0.25, -0.2) is 8.78 Å². The first-order valence-electron chi connectivity index (χ1n) is 9.56. The van der Waals surface area contributed by atoms with Crippen LogP contribution in [0.5, 0.6) is 11.5 Å². The molecule has 0 bridgehead atoms. The smallest absolute Gasteiger partial charge is 0.316 e. The van der Waals surface area contributed by atoms with Gasteiger partial charge in [0.1, 0.15) is 5.75 Å². The van der Waals surface area contributed by atoms with Gasteiger partial charge < -0.3 is 19.4 Å². The van der Waals surface area contributed by atoms with Gasteiger partial charge in [-0.15, -0.1) is 0 Å². The van der Waals surface area contributed by atoms with Gasteiger partial charge in [-0.1, -0.05) is 12.1 Å². The SMILES string of the molecule is COc1cn(Cc2ccc(F)c(F)c2)c(Nc2cc(OC3CC3)ccc2C)nc1=O. The fourth-order valence-corrected chi connectivity index (χ4v) is 2.98. The van der Waals surface area contributed by atoms with Crippen molar-refractivity contribution in [2.45, 2.75) is 32.4 Å². The summed E-state index contributed by atoms with van der Waals surface area (Å²) in [6.07, 6.45) is 3.83. The number of halogens is 2. The van der Waals surface area contributed by atoms with Crippen molar-refractivity contribution < 1.29 is 18.3 Å². The van der Waals surface area contributed by atoms with Crippen molar-refractivity contribution in [3.05, 3.63) is 75.7 Å². The first-order valence-corrected chi connectivity index (χ1v) is 9.56. The Morgan fingerprint density at radius 2 is 1.97 bits per heavy atom. The highest BCUT2D eigenvalue weighted by molar-refractivity contribution is 5.61. The second-order valence-corrected chi connectivity index (χ2v) is 7.23. The van der Waals surface area contributed by atoms with Crippen LogP contribution in [0.25, 0.3) is 0 Å². The summed E-state index contributed by atoms with van der Waals surface area (Å²) in [7, 11) is 1.37. The third kappa shape index (κ3) is 4.42. The molecule has 0 aliphatic heterocycles. The minimum atomic E-state index is -0.941. The van der Waals surface area contributed by atoms with Crippen LogP contribution in [0.15, 0.2) is 47.4 Å². The standard InChI is InChI=1S/C22H21F2N3O3/c1-13-3-5-16(30-15-6-7-15)10-19(13)25-22-26-21(28)20(29-2)12-27(22)11-14-4-8-17(23)18(24)9-14/h3-5,8-10,12,15H,6-7,11H2,1-2H3,(H,25,26,28). The number of nitrogens with zero attached hydrogens (tertiary/aromatic N) is 2. The molecular weight excluding hydrogens is 392 g/mol. The molecule has 8 heteroatoms. The molecule has 0 atom stereocenters. The minimum Gasteiger partial charge on any atom is -0.490 e. The van der Waals surface area contributed by atoms with Gasteiger partial charge in [0, 0.05) is 11.8 Å². The number of nitrogens with one attached hydrogen (secondary N) is 1. The summed E-state index contributed by atoms with van der Waals surface area (Å²) in [4.78, 5) is 16.3. The lowest BCUT2D eigenvalue weighted by molar-refractivity contribution is 0.303. The number of benzene rings is 2. The Morgan fingerprint density at radius 1 is 1.17 bits per heavy atom. The zero-order valence-corrected chi connectivity index (χ0v) is 16.6. The molecule has 4 rings (SSSR count). The fraction of sp³-hybridized carbons (Fsp3) is 0.273. The molecule has 1 aromatic heterocycles. The van der Waals surface area contributed by atoms with Crippen LogP contribution >= 0.6 is 0 Å². The minimum absolute atomic E-state index is 0.0469. The van der Waals surface area contributed by atoms with Crippen molar-refractivity contribution >= 4 is 11.6 Å². The first kappa shape index (κ1) is 19.9. The van der Waals surface area contributed by atoms with Crippen LogP contribution < -0.4 is 20.3 Å². The molecule has 1 aliphatic rings. The molecule has 0 radical (unpaired) electrons. The fourth-order valence-electron chi connectivity index (χ4n) is 2.98. The van der Waals surface area contributed by atoms with Crippen LogP contribution in [0, 0.1) is 18.6 Å². The van der Waals surface area contributed by atoms with Crippen molar-refractivity contribution in [3.8, 4) is 11.5 Å². The molecule has 1 aliphatic carbocycles. The molecule has 0 amide bonds. The van der Waals surface area contributed by atoms with E-state index in [0.717, 1.165) is 42.0 Å². The third-order valence-electron chi connectivity index (χ3n) is 4.80. The van der Waals surface area contributed by atoms with Crippen LogP contribution in [0.1, 0.15) is 24.0 Å². The van der Waals surface area contributed by atoms with E-state index in [-0.39, 0.29) is 24.3 Å². The van der Waals surface area contributed by atoms with Gasteiger partial charge in [0.15, 0.2) is 11.6 Å². The number of ether oxygens (including phenoxy) is 2. The van der Waals surface area contributed by atoms with Crippen LogP contribution in [0.4, 0.5) is 20.4 Å². The largest absolute Gasteiger partial charge is 0.490 e. The lowest BCUT2D eigenvalue weighted by Gasteiger charge is -2.17. The summed E-state index contributed by atoms with van der Waals surface area (Å²) in [6, 6.07) is 9.32. The van der Waals surface area contributed by atoms with Crippen molar-refractivity contribution in [2.24, 2.45) is 0 Å². The van der Waals surface area contributed by atoms with E-state index in [1.165, 1.54) is 19.4 Å². The second kappa shape index (κ2) is 8.14. The van der Waals surface area contributed by atoms with Crippen LogP contribution in [0.3, 0.4) is 0 Å². The zero-order valence-electron chi connectivity index (χ0n) is 16.6. The highest BCUT2D eigenvalue weighted by Crippen LogP contribution is 2.30. The van der Waals surface area contributed by atoms with E-state index in [4.69, 9.17) is 9.47 Å². The van der Waals surface area contributed by atoms with E-state index in [1.54, 1.807) is 4.57 Å². The van der Waals surface area contributed by atoms with E-state index in [0.29, 0.717) is 5.56 Å². The van der Waals surface area contributed by atoms with E-state index in [1.807, 2.05) is 25.1 Å². The molecule has 1 saturated carbocycles. The molecule has 0 unspecified atom stereocenters. The number of hydrogen-bond acceptors (Lipinski definition) is 5. The Kier molecular flexibility index (Phi) is 5.39. The average Bonchev–Trinajstić information content (AvgIpc) is 3.53. The summed E-state index contributed by atoms with van der Waals surface area (Å²) in [5.41, 5.74) is 1.63. The molecule has 1 N–H and O–H groups in total. The molecule has 30 heavy (non-hydrogen) atoms. The van der Waals surface area contributed by atoms with E-state index in [9.17, 15) is 13.6 Å². The molecule has 1 heterocycles. The van der Waals surface area contributed by atoms with Crippen LogP contribution in [-0.2, 0) is 6.54 Å². The van der Waals surface area contributed by atoms with Crippen LogP contribution in [0.2, 0.25) is 0 Å². The maximum absolute atomic E-state index is 13.6. The Labute approximate surface area is 172 Å². The molecule has 156 valence electrons. The number of methoxy groups -OCH3 is 1. The number of aromatic nitrogens is 2. The summed E-state index contributed by atoms with van der Waals surface area (Å²) in [5, 5.41) is 3.16. The van der Waals surface area contributed by atoms with E-state index < -0.39 is 17.2 Å². The molecule has 0 spiro atoms. The highest BCUT2D eigenvalue weighted by Gasteiger charge is 2.23. The van der Waals surface area contributed by atoms with Gasteiger partial charge in [-0.05, 0) is 49.1 Å².